The number of aromatic nitrogens is 2. The van der Waals surface area contributed by atoms with Gasteiger partial charge in [-0.25, -0.2) is 4.79 Å². The molecular formula is C11H17N5O. The Balaban J connectivity index is 2.45. The van der Waals surface area contributed by atoms with Crippen molar-refractivity contribution in [3.8, 4) is 0 Å². The Bertz CT molecular complexity index is 476. The van der Waals surface area contributed by atoms with Gasteiger partial charge >= 0.3 is 6.03 Å². The van der Waals surface area contributed by atoms with E-state index < -0.39 is 0 Å². The highest BCUT2D eigenvalue weighted by Crippen LogP contribution is 2.29. The molecule has 1 aromatic heterocycles. The molecular weight excluding hydrogens is 218 g/mol. The maximum atomic E-state index is 11.8. The fraction of sp³-hybridized carbons (Fsp3) is 0.545. The third-order valence-corrected chi connectivity index (χ3v) is 2.93. The van der Waals surface area contributed by atoms with Crippen LogP contribution in [0, 0.1) is 12.3 Å². The lowest BCUT2D eigenvalue weighted by Gasteiger charge is -2.26. The SMILES string of the molecule is Cc1nn(C)cc1C1C(=N)NC(=O)N1C(C)C. The van der Waals surface area contributed by atoms with Crippen LogP contribution in [0.25, 0.3) is 0 Å². The number of hydrogen-bond donors (Lipinski definition) is 2. The van der Waals surface area contributed by atoms with Crippen LogP contribution in [-0.4, -0.2) is 32.6 Å². The number of carbonyl (C=O) groups excluding carboxylic acids is 1. The molecule has 0 spiro atoms. The first-order valence-corrected chi connectivity index (χ1v) is 5.59. The van der Waals surface area contributed by atoms with Crippen molar-refractivity contribution in [1.29, 1.82) is 5.41 Å². The summed E-state index contributed by atoms with van der Waals surface area (Å²) in [7, 11) is 1.84. The van der Waals surface area contributed by atoms with Crippen LogP contribution in [0.2, 0.25) is 0 Å². The topological polar surface area (TPSA) is 74.0 Å². The van der Waals surface area contributed by atoms with E-state index in [0.29, 0.717) is 0 Å². The molecule has 2 rings (SSSR count). The van der Waals surface area contributed by atoms with Gasteiger partial charge in [-0.3, -0.25) is 15.4 Å². The van der Waals surface area contributed by atoms with Crippen LogP contribution in [0.4, 0.5) is 4.79 Å². The molecule has 6 heteroatoms. The molecule has 0 saturated carbocycles. The molecule has 2 amide bonds. The molecule has 0 aliphatic carbocycles. The van der Waals surface area contributed by atoms with Gasteiger partial charge in [0.15, 0.2) is 0 Å². The van der Waals surface area contributed by atoms with Gasteiger partial charge in [0.05, 0.1) is 5.69 Å². The lowest BCUT2D eigenvalue weighted by atomic mass is 10.1. The summed E-state index contributed by atoms with van der Waals surface area (Å²) in [5, 5.41) is 14.7. The fourth-order valence-electron chi connectivity index (χ4n) is 2.23. The second-order valence-corrected chi connectivity index (χ2v) is 4.59. The predicted octanol–water partition coefficient (Wildman–Crippen LogP) is 1.18. The van der Waals surface area contributed by atoms with Gasteiger partial charge in [-0.2, -0.15) is 5.10 Å². The first-order valence-electron chi connectivity index (χ1n) is 5.59. The van der Waals surface area contributed by atoms with Crippen molar-refractivity contribution in [1.82, 2.24) is 20.0 Å². The molecule has 0 radical (unpaired) electrons. The number of nitrogens with zero attached hydrogens (tertiary/aromatic N) is 3. The molecule has 0 bridgehead atoms. The van der Waals surface area contributed by atoms with E-state index >= 15 is 0 Å². The van der Waals surface area contributed by atoms with Gasteiger partial charge in [0.25, 0.3) is 0 Å². The maximum absolute atomic E-state index is 11.8. The molecule has 1 saturated heterocycles. The van der Waals surface area contributed by atoms with Crippen molar-refractivity contribution < 1.29 is 4.79 Å². The molecule has 2 heterocycles. The summed E-state index contributed by atoms with van der Waals surface area (Å²) in [6.07, 6.45) is 1.87. The number of amidine groups is 1. The van der Waals surface area contributed by atoms with Crippen LogP contribution in [0.5, 0.6) is 0 Å². The molecule has 92 valence electrons. The van der Waals surface area contributed by atoms with Gasteiger partial charge in [0.2, 0.25) is 0 Å². The van der Waals surface area contributed by atoms with Crippen LogP contribution in [0.1, 0.15) is 31.1 Å². The van der Waals surface area contributed by atoms with Gasteiger partial charge in [-0.1, -0.05) is 0 Å². The summed E-state index contributed by atoms with van der Waals surface area (Å²) in [6, 6.07) is -0.503. The zero-order valence-corrected chi connectivity index (χ0v) is 10.5. The van der Waals surface area contributed by atoms with Gasteiger partial charge in [0, 0.05) is 24.8 Å². The van der Waals surface area contributed by atoms with Gasteiger partial charge in [-0.15, -0.1) is 0 Å². The third kappa shape index (κ3) is 1.79. The molecule has 0 aromatic carbocycles. The average Bonchev–Trinajstić information content (AvgIpc) is 2.66. The Hall–Kier alpha value is -1.85. The molecule has 6 nitrogen and oxygen atoms in total. The largest absolute Gasteiger partial charge is 0.323 e. The second-order valence-electron chi connectivity index (χ2n) is 4.59. The first-order chi connectivity index (χ1) is 7.91. The van der Waals surface area contributed by atoms with Crippen LogP contribution in [0.3, 0.4) is 0 Å². The van der Waals surface area contributed by atoms with Crippen molar-refractivity contribution in [3.63, 3.8) is 0 Å². The number of carbonyl (C=O) groups is 1. The second kappa shape index (κ2) is 3.87. The van der Waals surface area contributed by atoms with E-state index in [2.05, 4.69) is 10.4 Å². The highest BCUT2D eigenvalue weighted by Gasteiger charge is 2.39. The number of aryl methyl sites for hydroxylation is 2. The van der Waals surface area contributed by atoms with Crippen molar-refractivity contribution in [2.24, 2.45) is 7.05 Å². The smallest absolute Gasteiger partial charge is 0.308 e. The Kier molecular flexibility index (Phi) is 2.65. The Morgan fingerprint density at radius 2 is 2.18 bits per heavy atom. The minimum atomic E-state index is -0.337. The lowest BCUT2D eigenvalue weighted by molar-refractivity contribution is 0.190. The number of rotatable bonds is 2. The molecule has 17 heavy (non-hydrogen) atoms. The molecule has 1 unspecified atom stereocenters. The lowest BCUT2D eigenvalue weighted by Crippen LogP contribution is -2.35. The summed E-state index contributed by atoms with van der Waals surface area (Å²) < 4.78 is 1.71. The molecule has 1 aliphatic rings. The summed E-state index contributed by atoms with van der Waals surface area (Å²) in [4.78, 5) is 13.4. The van der Waals surface area contributed by atoms with Crippen molar-refractivity contribution in [2.45, 2.75) is 32.9 Å². The molecule has 1 fully saturated rings. The van der Waals surface area contributed by atoms with Crippen LogP contribution < -0.4 is 5.32 Å². The Labute approximate surface area is 100 Å². The molecule has 1 aromatic rings. The van der Waals surface area contributed by atoms with E-state index in [9.17, 15) is 4.79 Å². The molecule has 2 N–H and O–H groups in total. The van der Waals surface area contributed by atoms with Gasteiger partial charge in [0.1, 0.15) is 11.9 Å². The summed E-state index contributed by atoms with van der Waals surface area (Å²) in [5.41, 5.74) is 1.76. The number of urea groups is 1. The van der Waals surface area contributed by atoms with E-state index in [1.54, 1.807) is 9.58 Å². The zero-order chi connectivity index (χ0) is 12.7. The molecule has 1 aliphatic heterocycles. The standard InChI is InChI=1S/C11H17N5O/c1-6(2)16-9(10(12)13-11(16)17)8-5-15(4)14-7(8)3/h5-6,9H,1-4H3,(H2,12,13,17). The highest BCUT2D eigenvalue weighted by molar-refractivity contribution is 6.06. The number of nitrogens with one attached hydrogen (secondary N) is 2. The minimum absolute atomic E-state index is 0.0439. The minimum Gasteiger partial charge on any atom is -0.308 e. The van der Waals surface area contributed by atoms with E-state index in [1.165, 1.54) is 0 Å². The summed E-state index contributed by atoms with van der Waals surface area (Å²) >= 11 is 0. The van der Waals surface area contributed by atoms with E-state index in [1.807, 2.05) is 34.0 Å². The predicted molar refractivity (Wildman–Crippen MR) is 63.9 cm³/mol. The molecule has 1 atom stereocenters. The first kappa shape index (κ1) is 11.6. The maximum Gasteiger partial charge on any atom is 0.323 e. The fourth-order valence-corrected chi connectivity index (χ4v) is 2.23. The number of hydrogen-bond acceptors (Lipinski definition) is 3. The Morgan fingerprint density at radius 1 is 1.53 bits per heavy atom. The van der Waals surface area contributed by atoms with E-state index in [0.717, 1.165) is 11.3 Å². The van der Waals surface area contributed by atoms with Crippen LogP contribution in [-0.2, 0) is 7.05 Å². The van der Waals surface area contributed by atoms with Crippen molar-refractivity contribution in [2.75, 3.05) is 0 Å². The quantitative estimate of drug-likeness (QED) is 0.807. The zero-order valence-electron chi connectivity index (χ0n) is 10.5. The van der Waals surface area contributed by atoms with Gasteiger partial charge in [-0.05, 0) is 20.8 Å². The Morgan fingerprint density at radius 3 is 2.65 bits per heavy atom. The van der Waals surface area contributed by atoms with Crippen LogP contribution in [0.15, 0.2) is 6.20 Å². The third-order valence-electron chi connectivity index (χ3n) is 2.93. The normalized spacial score (nSPS) is 20.3. The van der Waals surface area contributed by atoms with Crippen molar-refractivity contribution in [3.05, 3.63) is 17.5 Å². The van der Waals surface area contributed by atoms with Gasteiger partial charge < -0.3 is 4.90 Å². The number of amides is 2. The summed E-state index contributed by atoms with van der Waals surface area (Å²) in [5.74, 6) is 0.222. The highest BCUT2D eigenvalue weighted by atomic mass is 16.2. The summed E-state index contributed by atoms with van der Waals surface area (Å²) in [6.45, 7) is 5.78. The van der Waals surface area contributed by atoms with E-state index in [4.69, 9.17) is 5.41 Å². The average molecular weight is 235 g/mol. The monoisotopic (exact) mass is 235 g/mol. The van der Waals surface area contributed by atoms with E-state index in [-0.39, 0.29) is 24.0 Å². The van der Waals surface area contributed by atoms with Crippen LogP contribution >= 0.6 is 0 Å². The van der Waals surface area contributed by atoms with Crippen molar-refractivity contribution >= 4 is 11.9 Å².